The highest BCUT2D eigenvalue weighted by Crippen LogP contribution is 2.22. The number of rotatable bonds is 1. The molecule has 1 aliphatic rings. The molecule has 2 heterocycles. The Kier molecular flexibility index (Phi) is 3.37. The van der Waals surface area contributed by atoms with Gasteiger partial charge in [0, 0.05) is 18.1 Å². The minimum Gasteiger partial charge on any atom is -0.261 e. The summed E-state index contributed by atoms with van der Waals surface area (Å²) in [6.45, 7) is 3.92. The van der Waals surface area contributed by atoms with E-state index in [1.807, 2.05) is 29.7 Å². The molecule has 0 atom stereocenters. The topological polar surface area (TPSA) is 14.8 Å². The van der Waals surface area contributed by atoms with E-state index >= 15 is 0 Å². The van der Waals surface area contributed by atoms with Crippen molar-refractivity contribution in [1.29, 1.82) is 0 Å². The van der Waals surface area contributed by atoms with Gasteiger partial charge >= 0.3 is 0 Å². The van der Waals surface area contributed by atoms with E-state index in [4.69, 9.17) is 36.0 Å². The lowest BCUT2D eigenvalue weighted by Gasteiger charge is -2.15. The average molecular weight is 312 g/mol. The average Bonchev–Trinajstić information content (AvgIpc) is 2.64. The molecule has 0 spiro atoms. The van der Waals surface area contributed by atoms with Crippen LogP contribution in [0.3, 0.4) is 0 Å². The van der Waals surface area contributed by atoms with Gasteiger partial charge in [0.25, 0.3) is 0 Å². The molecule has 0 radical (unpaired) electrons. The molecule has 19 heavy (non-hydrogen) atoms. The summed E-state index contributed by atoms with van der Waals surface area (Å²) in [5.41, 5.74) is 2.10. The summed E-state index contributed by atoms with van der Waals surface area (Å²) < 4.78 is 7.73. The summed E-state index contributed by atoms with van der Waals surface area (Å²) in [4.78, 5) is 0. The second kappa shape index (κ2) is 4.89. The number of fused-ring (bicyclic) bond motifs is 1. The van der Waals surface area contributed by atoms with Crippen LogP contribution in [0.5, 0.6) is 0 Å². The maximum absolute atomic E-state index is 6.01. The number of benzene rings is 1. The van der Waals surface area contributed by atoms with E-state index in [1.54, 1.807) is 0 Å². The molecule has 1 aromatic heterocycles. The predicted molar refractivity (Wildman–Crippen MR) is 82.4 cm³/mol. The third kappa shape index (κ3) is 2.10. The van der Waals surface area contributed by atoms with E-state index in [0.717, 1.165) is 51.7 Å². The van der Waals surface area contributed by atoms with Crippen LogP contribution < -0.4 is 0 Å². The van der Waals surface area contributed by atoms with Crippen molar-refractivity contribution < 1.29 is 0 Å². The molecule has 3 nitrogen and oxygen atoms in total. The van der Waals surface area contributed by atoms with Crippen molar-refractivity contribution in [3.8, 4) is 5.69 Å². The van der Waals surface area contributed by atoms with Crippen molar-refractivity contribution in [1.82, 2.24) is 13.9 Å². The first-order valence-corrected chi connectivity index (χ1v) is 7.48. The Labute approximate surface area is 127 Å². The molecule has 6 heteroatoms. The Bertz CT molecular complexity index is 717. The van der Waals surface area contributed by atoms with Crippen LogP contribution in [0.2, 0.25) is 5.02 Å². The van der Waals surface area contributed by atoms with E-state index < -0.39 is 0 Å². The third-order valence-electron chi connectivity index (χ3n) is 3.51. The zero-order valence-electron chi connectivity index (χ0n) is 10.6. The largest absolute Gasteiger partial charge is 0.261 e. The lowest BCUT2D eigenvalue weighted by Crippen LogP contribution is -2.18. The molecule has 0 amide bonds. The lowest BCUT2D eigenvalue weighted by molar-refractivity contribution is 0.357. The van der Waals surface area contributed by atoms with Gasteiger partial charge in [-0.1, -0.05) is 11.6 Å². The van der Waals surface area contributed by atoms with Gasteiger partial charge in [-0.3, -0.25) is 13.9 Å². The van der Waals surface area contributed by atoms with Crippen molar-refractivity contribution in [2.45, 2.75) is 32.9 Å². The molecule has 1 aromatic carbocycles. The number of hydrogen-bond acceptors (Lipinski definition) is 2. The second-order valence-electron chi connectivity index (χ2n) is 4.78. The van der Waals surface area contributed by atoms with Crippen LogP contribution in [0.25, 0.3) is 5.69 Å². The van der Waals surface area contributed by atoms with Gasteiger partial charge in [-0.05, 0) is 68.0 Å². The zero-order chi connectivity index (χ0) is 13.6. The van der Waals surface area contributed by atoms with Crippen LogP contribution in [-0.4, -0.2) is 13.9 Å². The zero-order valence-corrected chi connectivity index (χ0v) is 13.0. The molecule has 0 aliphatic carbocycles. The minimum atomic E-state index is 0.732. The quantitative estimate of drug-likeness (QED) is 0.730. The smallest absolute Gasteiger partial charge is 0.201 e. The van der Waals surface area contributed by atoms with Gasteiger partial charge < -0.3 is 0 Å². The molecule has 100 valence electrons. The van der Waals surface area contributed by atoms with Crippen LogP contribution in [0, 0.1) is 16.5 Å². The molecule has 0 bridgehead atoms. The molecular weight excluding hydrogens is 298 g/mol. The molecular formula is C13H14ClN3S2. The van der Waals surface area contributed by atoms with Gasteiger partial charge in [0.15, 0.2) is 0 Å². The standard InChI is InChI=1S/C13H14ClN3S2/c1-9-8-10(14)4-5-11(9)17-12(18)15-6-2-3-7-16(15)13(17)19/h4-5,8H,2-3,6-7H2,1H3. The van der Waals surface area contributed by atoms with Crippen molar-refractivity contribution >= 4 is 36.0 Å². The highest BCUT2D eigenvalue weighted by atomic mass is 35.5. The molecule has 3 rings (SSSR count). The number of nitrogens with zero attached hydrogens (tertiary/aromatic N) is 3. The van der Waals surface area contributed by atoms with Crippen LogP contribution in [0.1, 0.15) is 18.4 Å². The van der Waals surface area contributed by atoms with Crippen molar-refractivity contribution in [2.24, 2.45) is 0 Å². The first kappa shape index (κ1) is 13.1. The van der Waals surface area contributed by atoms with Crippen LogP contribution in [-0.2, 0) is 13.1 Å². The Hall–Kier alpha value is -0.910. The Morgan fingerprint density at radius 3 is 2.16 bits per heavy atom. The fraction of sp³-hybridized carbons (Fsp3) is 0.385. The van der Waals surface area contributed by atoms with Gasteiger partial charge in [-0.15, -0.1) is 0 Å². The van der Waals surface area contributed by atoms with Crippen LogP contribution >= 0.6 is 36.0 Å². The fourth-order valence-electron chi connectivity index (χ4n) is 2.55. The number of aromatic nitrogens is 3. The number of hydrogen-bond donors (Lipinski definition) is 0. The maximum Gasteiger partial charge on any atom is 0.201 e. The van der Waals surface area contributed by atoms with E-state index in [-0.39, 0.29) is 0 Å². The maximum atomic E-state index is 6.01. The molecule has 0 unspecified atom stereocenters. The second-order valence-corrected chi connectivity index (χ2v) is 5.95. The van der Waals surface area contributed by atoms with E-state index in [0.29, 0.717) is 0 Å². The SMILES string of the molecule is Cc1cc(Cl)ccc1-n1c(=S)n2n(c1=S)CCCC2. The fourth-order valence-corrected chi connectivity index (χ4v) is 3.58. The monoisotopic (exact) mass is 311 g/mol. The first-order chi connectivity index (χ1) is 9.09. The van der Waals surface area contributed by atoms with Gasteiger partial charge in [0.1, 0.15) is 0 Å². The van der Waals surface area contributed by atoms with Gasteiger partial charge in [0.2, 0.25) is 9.54 Å². The first-order valence-electron chi connectivity index (χ1n) is 6.29. The predicted octanol–water partition coefficient (Wildman–Crippen LogP) is 4.29. The summed E-state index contributed by atoms with van der Waals surface area (Å²) in [6.07, 6.45) is 2.32. The summed E-state index contributed by atoms with van der Waals surface area (Å²) in [5, 5.41) is 0.732. The molecule has 0 saturated heterocycles. The Morgan fingerprint density at radius 2 is 1.63 bits per heavy atom. The highest BCUT2D eigenvalue weighted by Gasteiger charge is 2.16. The molecule has 2 aromatic rings. The van der Waals surface area contributed by atoms with Crippen molar-refractivity contribution in [3.05, 3.63) is 38.3 Å². The summed E-state index contributed by atoms with van der Waals surface area (Å²) >= 11 is 17.2. The minimum absolute atomic E-state index is 0.732. The Morgan fingerprint density at radius 1 is 1.05 bits per heavy atom. The normalized spacial score (nSPS) is 14.4. The molecule has 1 aliphatic heterocycles. The number of aryl methyl sites for hydroxylation is 1. The Balaban J connectivity index is 2.29. The highest BCUT2D eigenvalue weighted by molar-refractivity contribution is 7.72. The van der Waals surface area contributed by atoms with Gasteiger partial charge in [0.05, 0.1) is 5.69 Å². The van der Waals surface area contributed by atoms with E-state index in [2.05, 4.69) is 9.36 Å². The molecule has 0 N–H and O–H groups in total. The summed E-state index contributed by atoms with van der Waals surface area (Å²) in [7, 11) is 0. The van der Waals surface area contributed by atoms with Crippen molar-refractivity contribution in [3.63, 3.8) is 0 Å². The molecule has 0 fully saturated rings. The van der Waals surface area contributed by atoms with E-state index in [1.165, 1.54) is 0 Å². The third-order valence-corrected chi connectivity index (χ3v) is 4.53. The van der Waals surface area contributed by atoms with E-state index in [9.17, 15) is 0 Å². The molecule has 0 saturated carbocycles. The lowest BCUT2D eigenvalue weighted by atomic mass is 10.2. The summed E-state index contributed by atoms with van der Waals surface area (Å²) in [6, 6.07) is 5.80. The summed E-state index contributed by atoms with van der Waals surface area (Å²) in [5.74, 6) is 0. The van der Waals surface area contributed by atoms with Crippen molar-refractivity contribution in [2.75, 3.05) is 0 Å². The van der Waals surface area contributed by atoms with Gasteiger partial charge in [-0.25, -0.2) is 0 Å². The number of halogens is 1. The van der Waals surface area contributed by atoms with Crippen LogP contribution in [0.15, 0.2) is 18.2 Å². The van der Waals surface area contributed by atoms with Crippen LogP contribution in [0.4, 0.5) is 0 Å². The van der Waals surface area contributed by atoms with Gasteiger partial charge in [-0.2, -0.15) is 0 Å².